The Morgan fingerprint density at radius 1 is 1.45 bits per heavy atom. The van der Waals surface area contributed by atoms with Gasteiger partial charge in [-0.05, 0) is 18.4 Å². The van der Waals surface area contributed by atoms with Crippen LogP contribution in [0.1, 0.15) is 24.3 Å². The molecule has 2 heterocycles. The molecule has 1 aliphatic carbocycles. The van der Waals surface area contributed by atoms with Gasteiger partial charge in [0.2, 0.25) is 11.8 Å². The molecule has 1 aromatic heterocycles. The van der Waals surface area contributed by atoms with Gasteiger partial charge in [-0.3, -0.25) is 14.3 Å². The maximum absolute atomic E-state index is 12.7. The second-order valence-corrected chi connectivity index (χ2v) is 6.35. The van der Waals surface area contributed by atoms with Crippen LogP contribution in [0.3, 0.4) is 0 Å². The Kier molecular flexibility index (Phi) is 4.15. The molecule has 22 heavy (non-hydrogen) atoms. The number of amides is 2. The second kappa shape index (κ2) is 6.08. The SMILES string of the molecule is CN(CC(=O)NC1CC1)C(=O)[C@H]1CNC[C@@H]1c1cnn(C)c1. The van der Waals surface area contributed by atoms with Crippen molar-refractivity contribution in [2.75, 3.05) is 26.7 Å². The third-order valence-corrected chi connectivity index (χ3v) is 4.38. The summed E-state index contributed by atoms with van der Waals surface area (Å²) >= 11 is 0. The molecule has 1 saturated carbocycles. The summed E-state index contributed by atoms with van der Waals surface area (Å²) in [5, 5.41) is 10.4. The lowest BCUT2D eigenvalue weighted by atomic mass is 9.90. The minimum Gasteiger partial charge on any atom is -0.352 e. The Bertz CT molecular complexity index is 566. The molecule has 1 saturated heterocycles. The molecule has 2 fully saturated rings. The lowest BCUT2D eigenvalue weighted by Crippen LogP contribution is -2.42. The second-order valence-electron chi connectivity index (χ2n) is 6.35. The van der Waals surface area contributed by atoms with Crippen LogP contribution in [0.5, 0.6) is 0 Å². The standard InChI is InChI=1S/C15H23N5O2/c1-19(9-14(21)18-11-3-4-11)15(22)13-7-16-6-12(13)10-5-17-20(2)8-10/h5,8,11-13,16H,3-4,6-7,9H2,1-2H3,(H,18,21)/t12-,13+/m1/s1. The van der Waals surface area contributed by atoms with Gasteiger partial charge in [-0.15, -0.1) is 0 Å². The molecule has 7 heteroatoms. The summed E-state index contributed by atoms with van der Waals surface area (Å²) in [7, 11) is 3.57. The van der Waals surface area contributed by atoms with Crippen molar-refractivity contribution in [2.24, 2.45) is 13.0 Å². The first-order valence-corrected chi connectivity index (χ1v) is 7.78. The van der Waals surface area contributed by atoms with E-state index in [0.717, 1.165) is 24.9 Å². The highest BCUT2D eigenvalue weighted by Gasteiger charge is 2.36. The van der Waals surface area contributed by atoms with Gasteiger partial charge in [0.1, 0.15) is 0 Å². The summed E-state index contributed by atoms with van der Waals surface area (Å²) in [6, 6.07) is 0.326. The van der Waals surface area contributed by atoms with Gasteiger partial charge in [-0.1, -0.05) is 0 Å². The highest BCUT2D eigenvalue weighted by molar-refractivity contribution is 5.86. The number of aryl methyl sites for hydroxylation is 1. The van der Waals surface area contributed by atoms with E-state index < -0.39 is 0 Å². The van der Waals surface area contributed by atoms with E-state index in [1.807, 2.05) is 19.4 Å². The zero-order valence-electron chi connectivity index (χ0n) is 13.1. The summed E-state index contributed by atoms with van der Waals surface area (Å²) in [6.45, 7) is 1.54. The minimum absolute atomic E-state index is 0.0183. The van der Waals surface area contributed by atoms with E-state index in [1.165, 1.54) is 0 Å². The van der Waals surface area contributed by atoms with Crippen molar-refractivity contribution in [3.05, 3.63) is 18.0 Å². The van der Waals surface area contributed by atoms with E-state index >= 15 is 0 Å². The summed E-state index contributed by atoms with van der Waals surface area (Å²) in [5.41, 5.74) is 1.07. The normalized spacial score (nSPS) is 24.3. The molecule has 1 aliphatic heterocycles. The fraction of sp³-hybridized carbons (Fsp3) is 0.667. The van der Waals surface area contributed by atoms with Crippen LogP contribution in [-0.2, 0) is 16.6 Å². The van der Waals surface area contributed by atoms with E-state index in [4.69, 9.17) is 0 Å². The van der Waals surface area contributed by atoms with Crippen molar-refractivity contribution >= 4 is 11.8 Å². The molecule has 0 spiro atoms. The van der Waals surface area contributed by atoms with Crippen LogP contribution in [0, 0.1) is 5.92 Å². The molecular formula is C15H23N5O2. The van der Waals surface area contributed by atoms with Crippen LogP contribution in [0.4, 0.5) is 0 Å². The topological polar surface area (TPSA) is 79.3 Å². The third-order valence-electron chi connectivity index (χ3n) is 4.38. The number of nitrogens with one attached hydrogen (secondary N) is 2. The van der Waals surface area contributed by atoms with E-state index in [9.17, 15) is 9.59 Å². The fourth-order valence-corrected chi connectivity index (χ4v) is 3.00. The molecule has 2 aliphatic rings. The largest absolute Gasteiger partial charge is 0.352 e. The van der Waals surface area contributed by atoms with E-state index in [-0.39, 0.29) is 30.2 Å². The van der Waals surface area contributed by atoms with Crippen LogP contribution in [-0.4, -0.2) is 59.2 Å². The summed E-state index contributed by atoms with van der Waals surface area (Å²) < 4.78 is 1.75. The Morgan fingerprint density at radius 3 is 2.86 bits per heavy atom. The molecule has 1 aromatic rings. The van der Waals surface area contributed by atoms with Crippen molar-refractivity contribution < 1.29 is 9.59 Å². The number of carbonyl (C=O) groups excluding carboxylic acids is 2. The average molecular weight is 305 g/mol. The van der Waals surface area contributed by atoms with E-state index in [2.05, 4.69) is 15.7 Å². The highest BCUT2D eigenvalue weighted by atomic mass is 16.2. The summed E-state index contributed by atoms with van der Waals surface area (Å²) in [6.07, 6.45) is 5.88. The van der Waals surface area contributed by atoms with Crippen LogP contribution in [0.15, 0.2) is 12.4 Å². The average Bonchev–Trinajstić information content (AvgIpc) is 2.99. The molecule has 0 radical (unpaired) electrons. The maximum atomic E-state index is 12.7. The van der Waals surface area contributed by atoms with Gasteiger partial charge in [-0.25, -0.2) is 0 Å². The highest BCUT2D eigenvalue weighted by Crippen LogP contribution is 2.29. The molecule has 2 amide bonds. The third kappa shape index (κ3) is 3.30. The smallest absolute Gasteiger partial charge is 0.239 e. The Balaban J connectivity index is 1.60. The van der Waals surface area contributed by atoms with E-state index in [1.54, 1.807) is 16.6 Å². The number of hydrogen-bond acceptors (Lipinski definition) is 4. The van der Waals surface area contributed by atoms with Gasteiger partial charge in [0.25, 0.3) is 0 Å². The van der Waals surface area contributed by atoms with Gasteiger partial charge in [-0.2, -0.15) is 5.10 Å². The minimum atomic E-state index is -0.136. The number of carbonyl (C=O) groups is 2. The zero-order chi connectivity index (χ0) is 15.7. The predicted molar refractivity (Wildman–Crippen MR) is 81.1 cm³/mol. The van der Waals surface area contributed by atoms with Crippen LogP contribution in [0.25, 0.3) is 0 Å². The van der Waals surface area contributed by atoms with Crippen molar-refractivity contribution in [1.29, 1.82) is 0 Å². The molecule has 2 N–H and O–H groups in total. The maximum Gasteiger partial charge on any atom is 0.239 e. The van der Waals surface area contributed by atoms with Crippen LogP contribution in [0.2, 0.25) is 0 Å². The lowest BCUT2D eigenvalue weighted by Gasteiger charge is -2.23. The van der Waals surface area contributed by atoms with Gasteiger partial charge < -0.3 is 15.5 Å². The van der Waals surface area contributed by atoms with Crippen molar-refractivity contribution in [1.82, 2.24) is 25.3 Å². The zero-order valence-corrected chi connectivity index (χ0v) is 13.1. The van der Waals surface area contributed by atoms with Gasteiger partial charge >= 0.3 is 0 Å². The van der Waals surface area contributed by atoms with E-state index in [0.29, 0.717) is 12.6 Å². The van der Waals surface area contributed by atoms with Gasteiger partial charge in [0, 0.05) is 45.3 Å². The number of hydrogen-bond donors (Lipinski definition) is 2. The van der Waals surface area contributed by atoms with Crippen LogP contribution < -0.4 is 10.6 Å². The summed E-state index contributed by atoms with van der Waals surface area (Å²) in [4.78, 5) is 26.0. The molecule has 120 valence electrons. The molecule has 2 atom stereocenters. The predicted octanol–water partition coefficient (Wildman–Crippen LogP) is -0.540. The van der Waals surface area contributed by atoms with Crippen molar-refractivity contribution in [3.63, 3.8) is 0 Å². The fourth-order valence-electron chi connectivity index (χ4n) is 3.00. The monoisotopic (exact) mass is 305 g/mol. The molecule has 7 nitrogen and oxygen atoms in total. The van der Waals surface area contributed by atoms with Gasteiger partial charge in [0.05, 0.1) is 18.7 Å². The van der Waals surface area contributed by atoms with Crippen molar-refractivity contribution in [2.45, 2.75) is 24.8 Å². The summed E-state index contributed by atoms with van der Waals surface area (Å²) in [5.74, 6) is -0.0647. The van der Waals surface area contributed by atoms with Crippen molar-refractivity contribution in [3.8, 4) is 0 Å². The molecule has 0 aromatic carbocycles. The Hall–Kier alpha value is -1.89. The molecule has 3 rings (SSSR count). The number of likely N-dealkylation sites (N-methyl/N-ethyl adjacent to an activating group) is 1. The molecule has 0 unspecified atom stereocenters. The van der Waals surface area contributed by atoms with Crippen LogP contribution >= 0.6 is 0 Å². The lowest BCUT2D eigenvalue weighted by molar-refractivity contribution is -0.137. The molecule has 0 bridgehead atoms. The number of aromatic nitrogens is 2. The first-order valence-electron chi connectivity index (χ1n) is 7.78. The molecular weight excluding hydrogens is 282 g/mol. The Labute approximate surface area is 130 Å². The quantitative estimate of drug-likeness (QED) is 0.766. The number of rotatable bonds is 5. The first kappa shape index (κ1) is 15.0. The first-order chi connectivity index (χ1) is 10.5. The van der Waals surface area contributed by atoms with Gasteiger partial charge in [0.15, 0.2) is 0 Å². The Morgan fingerprint density at radius 2 is 2.23 bits per heavy atom. The number of nitrogens with zero attached hydrogens (tertiary/aromatic N) is 3.